The molecule has 1 aromatic carbocycles. The summed E-state index contributed by atoms with van der Waals surface area (Å²) in [4.78, 5) is 10.9. The number of benzene rings is 1. The van der Waals surface area contributed by atoms with Gasteiger partial charge in [-0.1, -0.05) is 17.7 Å². The van der Waals surface area contributed by atoms with Crippen LogP contribution in [-0.4, -0.2) is 19.1 Å². The SMILES string of the molecule is CCOC(=O)/C=C/CNc1ccc(F)c(Cl)c1. The van der Waals surface area contributed by atoms with E-state index < -0.39 is 5.82 Å². The third kappa shape index (κ3) is 4.87. The highest BCUT2D eigenvalue weighted by atomic mass is 35.5. The largest absolute Gasteiger partial charge is 0.463 e. The van der Waals surface area contributed by atoms with Crippen molar-refractivity contribution in [3.63, 3.8) is 0 Å². The van der Waals surface area contributed by atoms with Gasteiger partial charge in [0.15, 0.2) is 0 Å². The molecule has 0 spiro atoms. The minimum Gasteiger partial charge on any atom is -0.463 e. The third-order valence-corrected chi connectivity index (χ3v) is 2.17. The fraction of sp³-hybridized carbons (Fsp3) is 0.250. The number of carbonyl (C=O) groups excluding carboxylic acids is 1. The summed E-state index contributed by atoms with van der Waals surface area (Å²) in [5.74, 6) is -0.842. The maximum Gasteiger partial charge on any atom is 0.330 e. The summed E-state index contributed by atoms with van der Waals surface area (Å²) in [7, 11) is 0. The molecule has 0 aliphatic carbocycles. The van der Waals surface area contributed by atoms with Crippen LogP contribution >= 0.6 is 11.6 Å². The van der Waals surface area contributed by atoms with Crippen LogP contribution in [0.5, 0.6) is 0 Å². The van der Waals surface area contributed by atoms with Gasteiger partial charge in [-0.05, 0) is 25.1 Å². The van der Waals surface area contributed by atoms with Crippen molar-refractivity contribution >= 4 is 23.3 Å². The van der Waals surface area contributed by atoms with Gasteiger partial charge in [0.2, 0.25) is 0 Å². The molecule has 5 heteroatoms. The molecule has 1 N–H and O–H groups in total. The average Bonchev–Trinajstić information content (AvgIpc) is 2.29. The normalized spacial score (nSPS) is 10.5. The van der Waals surface area contributed by atoms with E-state index >= 15 is 0 Å². The van der Waals surface area contributed by atoms with Gasteiger partial charge < -0.3 is 10.1 Å². The zero-order valence-electron chi connectivity index (χ0n) is 9.37. The first-order valence-corrected chi connectivity index (χ1v) is 5.53. The highest BCUT2D eigenvalue weighted by Gasteiger charge is 1.99. The molecule has 1 rings (SSSR count). The molecule has 3 nitrogen and oxygen atoms in total. The van der Waals surface area contributed by atoms with Gasteiger partial charge in [-0.3, -0.25) is 0 Å². The van der Waals surface area contributed by atoms with Crippen molar-refractivity contribution in [1.29, 1.82) is 0 Å². The van der Waals surface area contributed by atoms with Crippen LogP contribution in [0.25, 0.3) is 0 Å². The highest BCUT2D eigenvalue weighted by molar-refractivity contribution is 6.31. The van der Waals surface area contributed by atoms with Crippen LogP contribution in [0.4, 0.5) is 10.1 Å². The molecule has 0 aliphatic heterocycles. The fourth-order valence-electron chi connectivity index (χ4n) is 1.13. The lowest BCUT2D eigenvalue weighted by Crippen LogP contribution is -2.02. The first-order chi connectivity index (χ1) is 8.13. The van der Waals surface area contributed by atoms with E-state index in [0.29, 0.717) is 18.8 Å². The molecule has 0 saturated carbocycles. The van der Waals surface area contributed by atoms with Gasteiger partial charge in [-0.25, -0.2) is 9.18 Å². The second kappa shape index (κ2) is 6.91. The standard InChI is InChI=1S/C12H13ClFNO2/c1-2-17-12(16)4-3-7-15-9-5-6-11(14)10(13)8-9/h3-6,8,15H,2,7H2,1H3/b4-3+. The predicted molar refractivity (Wildman–Crippen MR) is 65.7 cm³/mol. The summed E-state index contributed by atoms with van der Waals surface area (Å²) >= 11 is 5.61. The van der Waals surface area contributed by atoms with Crippen molar-refractivity contribution in [1.82, 2.24) is 0 Å². The van der Waals surface area contributed by atoms with Crippen molar-refractivity contribution in [2.75, 3.05) is 18.5 Å². The van der Waals surface area contributed by atoms with E-state index in [4.69, 9.17) is 16.3 Å². The molecular formula is C12H13ClFNO2. The number of hydrogen-bond acceptors (Lipinski definition) is 3. The minimum atomic E-state index is -0.459. The third-order valence-electron chi connectivity index (χ3n) is 1.88. The average molecular weight is 258 g/mol. The Morgan fingerprint density at radius 2 is 2.35 bits per heavy atom. The molecule has 0 aliphatic rings. The van der Waals surface area contributed by atoms with Crippen LogP contribution in [-0.2, 0) is 9.53 Å². The van der Waals surface area contributed by atoms with E-state index in [1.54, 1.807) is 19.1 Å². The zero-order valence-corrected chi connectivity index (χ0v) is 10.1. The van der Waals surface area contributed by atoms with Crippen LogP contribution in [0.15, 0.2) is 30.4 Å². The van der Waals surface area contributed by atoms with Gasteiger partial charge in [0.25, 0.3) is 0 Å². The maximum absolute atomic E-state index is 12.8. The molecule has 0 fully saturated rings. The lowest BCUT2D eigenvalue weighted by Gasteiger charge is -2.03. The Kier molecular flexibility index (Phi) is 5.49. The minimum absolute atomic E-state index is 0.0596. The van der Waals surface area contributed by atoms with Gasteiger partial charge in [0.05, 0.1) is 11.6 Å². The van der Waals surface area contributed by atoms with Gasteiger partial charge in [0, 0.05) is 18.3 Å². The summed E-state index contributed by atoms with van der Waals surface area (Å²) < 4.78 is 17.5. The number of nitrogens with one attached hydrogen (secondary N) is 1. The second-order valence-corrected chi connectivity index (χ2v) is 3.57. The molecule has 1 aromatic rings. The summed E-state index contributed by atoms with van der Waals surface area (Å²) in [5, 5.41) is 3.02. The molecule has 0 atom stereocenters. The zero-order chi connectivity index (χ0) is 12.7. The molecule has 92 valence electrons. The quantitative estimate of drug-likeness (QED) is 0.651. The Morgan fingerprint density at radius 3 is 3.00 bits per heavy atom. The lowest BCUT2D eigenvalue weighted by molar-refractivity contribution is -0.137. The maximum atomic E-state index is 12.8. The summed E-state index contributed by atoms with van der Waals surface area (Å²) in [6.45, 7) is 2.52. The summed E-state index contributed by atoms with van der Waals surface area (Å²) in [5.41, 5.74) is 0.685. The number of carbonyl (C=O) groups is 1. The number of halogens is 2. The topological polar surface area (TPSA) is 38.3 Å². The monoisotopic (exact) mass is 257 g/mol. The van der Waals surface area contributed by atoms with Crippen LogP contribution in [0.3, 0.4) is 0 Å². The molecule has 0 bridgehead atoms. The van der Waals surface area contributed by atoms with Gasteiger partial charge in [-0.15, -0.1) is 0 Å². The first-order valence-electron chi connectivity index (χ1n) is 5.15. The van der Waals surface area contributed by atoms with Crippen molar-refractivity contribution in [3.05, 3.63) is 41.2 Å². The van der Waals surface area contributed by atoms with Crippen LogP contribution < -0.4 is 5.32 Å². The van der Waals surface area contributed by atoms with Crippen molar-refractivity contribution in [2.24, 2.45) is 0 Å². The van der Waals surface area contributed by atoms with Crippen molar-refractivity contribution in [2.45, 2.75) is 6.92 Å². The van der Waals surface area contributed by atoms with E-state index in [1.807, 2.05) is 0 Å². The number of hydrogen-bond donors (Lipinski definition) is 1. The highest BCUT2D eigenvalue weighted by Crippen LogP contribution is 2.18. The molecular weight excluding hydrogens is 245 g/mol. The number of anilines is 1. The molecule has 17 heavy (non-hydrogen) atoms. The van der Waals surface area contributed by atoms with Gasteiger partial charge in [0.1, 0.15) is 5.82 Å². The van der Waals surface area contributed by atoms with Crippen LogP contribution in [0.2, 0.25) is 5.02 Å². The molecule has 0 amide bonds. The van der Waals surface area contributed by atoms with Crippen LogP contribution in [0, 0.1) is 5.82 Å². The number of rotatable bonds is 5. The van der Waals surface area contributed by atoms with Crippen LogP contribution in [0.1, 0.15) is 6.92 Å². The van der Waals surface area contributed by atoms with Gasteiger partial charge in [-0.2, -0.15) is 0 Å². The lowest BCUT2D eigenvalue weighted by atomic mass is 10.3. The Labute approximate surface area is 104 Å². The Balaban J connectivity index is 2.40. The smallest absolute Gasteiger partial charge is 0.330 e. The summed E-state index contributed by atoms with van der Waals surface area (Å²) in [6, 6.07) is 4.33. The van der Waals surface area contributed by atoms with E-state index in [-0.39, 0.29) is 11.0 Å². The molecule has 0 radical (unpaired) electrons. The Bertz CT molecular complexity index is 421. The van der Waals surface area contributed by atoms with E-state index in [0.717, 1.165) is 0 Å². The molecule has 0 heterocycles. The summed E-state index contributed by atoms with van der Waals surface area (Å²) in [6.07, 6.45) is 2.96. The van der Waals surface area contributed by atoms with E-state index in [1.165, 1.54) is 18.2 Å². The number of esters is 1. The Morgan fingerprint density at radius 1 is 1.59 bits per heavy atom. The number of ether oxygens (including phenoxy) is 1. The van der Waals surface area contributed by atoms with Crippen molar-refractivity contribution in [3.8, 4) is 0 Å². The molecule has 0 saturated heterocycles. The molecule has 0 unspecified atom stereocenters. The second-order valence-electron chi connectivity index (χ2n) is 3.16. The first kappa shape index (κ1) is 13.5. The molecule has 0 aromatic heterocycles. The Hall–Kier alpha value is -1.55. The van der Waals surface area contributed by atoms with Crippen molar-refractivity contribution < 1.29 is 13.9 Å². The van der Waals surface area contributed by atoms with E-state index in [2.05, 4.69) is 5.32 Å². The fourth-order valence-corrected chi connectivity index (χ4v) is 1.31. The predicted octanol–water partition coefficient (Wildman–Crippen LogP) is 3.01. The van der Waals surface area contributed by atoms with Gasteiger partial charge >= 0.3 is 5.97 Å². The van der Waals surface area contributed by atoms with E-state index in [9.17, 15) is 9.18 Å².